The smallest absolute Gasteiger partial charge is 0.338 e. The molecule has 0 aliphatic rings. The van der Waals surface area contributed by atoms with Crippen LogP contribution >= 0.6 is 0 Å². The highest BCUT2D eigenvalue weighted by Gasteiger charge is 2.14. The van der Waals surface area contributed by atoms with Crippen LogP contribution in [0.25, 0.3) is 11.0 Å². The minimum absolute atomic E-state index is 0.0118. The van der Waals surface area contributed by atoms with Gasteiger partial charge >= 0.3 is 11.6 Å². The third-order valence-corrected chi connectivity index (χ3v) is 4.28. The minimum Gasteiger partial charge on any atom is -0.508 e. The molecule has 0 saturated carbocycles. The zero-order valence-corrected chi connectivity index (χ0v) is 14.9. The average Bonchev–Trinajstić information content (AvgIpc) is 2.58. The molecule has 0 aliphatic carbocycles. The van der Waals surface area contributed by atoms with Crippen LogP contribution in [-0.2, 0) is 11.3 Å². The second kappa shape index (κ2) is 7.04. The van der Waals surface area contributed by atoms with Crippen LogP contribution in [0.2, 0.25) is 0 Å². The van der Waals surface area contributed by atoms with Gasteiger partial charge in [-0.25, -0.2) is 9.59 Å². The number of fused-ring (bicyclic) bond motifs is 1. The summed E-state index contributed by atoms with van der Waals surface area (Å²) in [5.41, 5.74) is 3.01. The van der Waals surface area contributed by atoms with Crippen LogP contribution < -0.4 is 5.63 Å². The monoisotopic (exact) mass is 352 g/mol. The molecule has 134 valence electrons. The normalized spacial score (nSPS) is 11.1. The summed E-state index contributed by atoms with van der Waals surface area (Å²) < 4.78 is 10.6. The molecular weight excluding hydrogens is 332 g/mol. The third-order valence-electron chi connectivity index (χ3n) is 4.28. The number of benzene rings is 2. The first-order valence-corrected chi connectivity index (χ1v) is 8.38. The number of carbonyl (C=O) groups excluding carboxylic acids is 1. The predicted molar refractivity (Wildman–Crippen MR) is 98.5 cm³/mol. The average molecular weight is 352 g/mol. The second-order valence-electron chi connectivity index (χ2n) is 6.58. The Balaban J connectivity index is 1.95. The number of carbonyl (C=O) groups is 1. The molecule has 3 aromatic rings. The lowest BCUT2D eigenvalue weighted by Crippen LogP contribution is -2.08. The maximum Gasteiger partial charge on any atom is 0.338 e. The summed E-state index contributed by atoms with van der Waals surface area (Å²) in [5.74, 6) is -0.269. The molecule has 0 unspecified atom stereocenters. The first kappa shape index (κ1) is 17.7. The highest BCUT2D eigenvalue weighted by molar-refractivity contribution is 5.90. The number of hydrogen-bond donors (Lipinski definition) is 1. The maximum absolute atomic E-state index is 12.2. The summed E-state index contributed by atoms with van der Waals surface area (Å²) in [6.07, 6.45) is 0. The minimum atomic E-state index is -0.571. The van der Waals surface area contributed by atoms with Crippen LogP contribution in [-0.4, -0.2) is 11.1 Å². The van der Waals surface area contributed by atoms with E-state index in [4.69, 9.17) is 9.15 Å². The molecule has 1 N–H and O–H groups in total. The van der Waals surface area contributed by atoms with Gasteiger partial charge in [0.2, 0.25) is 0 Å². The van der Waals surface area contributed by atoms with Gasteiger partial charge in [0, 0.05) is 17.0 Å². The fourth-order valence-corrected chi connectivity index (χ4v) is 2.99. The van der Waals surface area contributed by atoms with Gasteiger partial charge in [-0.1, -0.05) is 19.9 Å². The van der Waals surface area contributed by atoms with Gasteiger partial charge in [-0.2, -0.15) is 0 Å². The van der Waals surface area contributed by atoms with Gasteiger partial charge in [0.25, 0.3) is 0 Å². The lowest BCUT2D eigenvalue weighted by Gasteiger charge is -2.13. The van der Waals surface area contributed by atoms with Gasteiger partial charge in [-0.3, -0.25) is 0 Å². The van der Waals surface area contributed by atoms with Crippen molar-refractivity contribution in [1.29, 1.82) is 0 Å². The van der Waals surface area contributed by atoms with E-state index in [0.29, 0.717) is 17.1 Å². The fraction of sp³-hybridized carbons (Fsp3) is 0.238. The van der Waals surface area contributed by atoms with E-state index in [1.54, 1.807) is 12.1 Å². The van der Waals surface area contributed by atoms with Crippen LogP contribution in [0.15, 0.2) is 51.7 Å². The number of aryl methyl sites for hydroxylation is 1. The molecule has 0 atom stereocenters. The van der Waals surface area contributed by atoms with E-state index >= 15 is 0 Å². The van der Waals surface area contributed by atoms with Crippen LogP contribution in [0.3, 0.4) is 0 Å². The Bertz CT molecular complexity index is 1030. The quantitative estimate of drug-likeness (QED) is 0.560. The molecule has 0 aliphatic heterocycles. The van der Waals surface area contributed by atoms with Gasteiger partial charge in [-0.05, 0) is 54.3 Å². The van der Waals surface area contributed by atoms with Crippen molar-refractivity contribution in [3.05, 3.63) is 75.1 Å². The van der Waals surface area contributed by atoms with E-state index in [2.05, 4.69) is 13.8 Å². The zero-order chi connectivity index (χ0) is 18.8. The Kier molecular flexibility index (Phi) is 4.80. The van der Waals surface area contributed by atoms with Crippen molar-refractivity contribution in [2.45, 2.75) is 33.3 Å². The topological polar surface area (TPSA) is 76.7 Å². The molecule has 0 amide bonds. The summed E-state index contributed by atoms with van der Waals surface area (Å²) in [5, 5.41) is 10.2. The molecule has 5 heteroatoms. The first-order chi connectivity index (χ1) is 12.3. The number of aromatic hydroxyl groups is 1. The van der Waals surface area contributed by atoms with Crippen molar-refractivity contribution < 1.29 is 19.1 Å². The van der Waals surface area contributed by atoms with Crippen molar-refractivity contribution in [2.75, 3.05) is 0 Å². The Labute approximate surface area is 150 Å². The number of hydrogen-bond acceptors (Lipinski definition) is 5. The Morgan fingerprint density at radius 3 is 2.65 bits per heavy atom. The van der Waals surface area contributed by atoms with E-state index in [1.807, 2.05) is 19.1 Å². The Hall–Kier alpha value is -3.08. The molecule has 0 fully saturated rings. The Morgan fingerprint density at radius 1 is 1.19 bits per heavy atom. The van der Waals surface area contributed by atoms with Crippen molar-refractivity contribution in [2.24, 2.45) is 0 Å². The van der Waals surface area contributed by atoms with E-state index in [9.17, 15) is 14.7 Å². The highest BCUT2D eigenvalue weighted by atomic mass is 16.5. The molecule has 0 spiro atoms. The largest absolute Gasteiger partial charge is 0.508 e. The molecule has 0 saturated heterocycles. The number of phenolic OH excluding ortho intramolecular Hbond substituents is 1. The van der Waals surface area contributed by atoms with Crippen LogP contribution in [0.4, 0.5) is 0 Å². The van der Waals surface area contributed by atoms with Gasteiger partial charge < -0.3 is 14.3 Å². The number of ether oxygens (including phenoxy) is 1. The van der Waals surface area contributed by atoms with Crippen molar-refractivity contribution in [3.8, 4) is 5.75 Å². The van der Waals surface area contributed by atoms with Gasteiger partial charge in [0.1, 0.15) is 17.9 Å². The molecule has 1 aromatic heterocycles. The van der Waals surface area contributed by atoms with Crippen LogP contribution in [0, 0.1) is 6.92 Å². The van der Waals surface area contributed by atoms with Crippen LogP contribution in [0.1, 0.15) is 46.8 Å². The van der Waals surface area contributed by atoms with Gasteiger partial charge in [-0.15, -0.1) is 0 Å². The maximum atomic E-state index is 12.2. The lowest BCUT2D eigenvalue weighted by atomic mass is 9.95. The molecular formula is C21H20O5. The summed E-state index contributed by atoms with van der Waals surface area (Å²) in [6, 6.07) is 11.1. The fourth-order valence-electron chi connectivity index (χ4n) is 2.99. The van der Waals surface area contributed by atoms with E-state index in [1.165, 1.54) is 18.2 Å². The second-order valence-corrected chi connectivity index (χ2v) is 6.58. The summed E-state index contributed by atoms with van der Waals surface area (Å²) in [7, 11) is 0. The van der Waals surface area contributed by atoms with Crippen molar-refractivity contribution in [3.63, 3.8) is 0 Å². The zero-order valence-electron chi connectivity index (χ0n) is 14.9. The Morgan fingerprint density at radius 2 is 1.96 bits per heavy atom. The van der Waals surface area contributed by atoms with Gasteiger partial charge in [0.05, 0.1) is 5.56 Å². The SMILES string of the molecule is Cc1cc2oc(=O)cc(COC(=O)c3cccc(O)c3)c2cc1C(C)C. The molecule has 5 nitrogen and oxygen atoms in total. The third kappa shape index (κ3) is 3.61. The highest BCUT2D eigenvalue weighted by Crippen LogP contribution is 2.27. The lowest BCUT2D eigenvalue weighted by molar-refractivity contribution is 0.0473. The summed E-state index contributed by atoms with van der Waals surface area (Å²) in [6.45, 7) is 6.10. The van der Waals surface area contributed by atoms with Crippen molar-refractivity contribution >= 4 is 16.9 Å². The van der Waals surface area contributed by atoms with Crippen molar-refractivity contribution in [1.82, 2.24) is 0 Å². The number of esters is 1. The van der Waals surface area contributed by atoms with E-state index in [0.717, 1.165) is 16.5 Å². The van der Waals surface area contributed by atoms with E-state index in [-0.39, 0.29) is 17.9 Å². The summed E-state index contributed by atoms with van der Waals surface area (Å²) in [4.78, 5) is 24.0. The molecule has 0 radical (unpaired) electrons. The number of phenols is 1. The predicted octanol–water partition coefficient (Wildman–Crippen LogP) is 4.29. The standard InChI is InChI=1S/C21H20O5/c1-12(2)17-10-18-15(9-20(23)26-19(18)7-13(17)3)11-25-21(24)14-5-4-6-16(22)8-14/h4-10,12,22H,11H2,1-3H3. The van der Waals surface area contributed by atoms with Gasteiger partial charge in [0.15, 0.2) is 0 Å². The molecule has 26 heavy (non-hydrogen) atoms. The number of rotatable bonds is 4. The summed E-state index contributed by atoms with van der Waals surface area (Å²) >= 11 is 0. The van der Waals surface area contributed by atoms with E-state index < -0.39 is 11.6 Å². The molecule has 0 bridgehead atoms. The van der Waals surface area contributed by atoms with Crippen LogP contribution in [0.5, 0.6) is 5.75 Å². The molecule has 3 rings (SSSR count). The molecule has 1 heterocycles. The first-order valence-electron chi connectivity index (χ1n) is 8.38. The molecule has 2 aromatic carbocycles.